The Morgan fingerprint density at radius 1 is 1.07 bits per heavy atom. The van der Waals surface area contributed by atoms with E-state index in [2.05, 4.69) is 5.32 Å². The zero-order valence-corrected chi connectivity index (χ0v) is 15.4. The molecule has 0 atom stereocenters. The number of hydrogen-bond donors (Lipinski definition) is 1. The van der Waals surface area contributed by atoms with Gasteiger partial charge in [-0.1, -0.05) is 41.9 Å². The Morgan fingerprint density at radius 3 is 2.48 bits per heavy atom. The van der Waals surface area contributed by atoms with Crippen LogP contribution in [-0.4, -0.2) is 16.6 Å². The summed E-state index contributed by atoms with van der Waals surface area (Å²) in [6, 6.07) is 16.1. The molecular formula is C19H13ClN2O4S. The van der Waals surface area contributed by atoms with E-state index in [1.165, 1.54) is 23.5 Å². The second-order valence-electron chi connectivity index (χ2n) is 5.57. The van der Waals surface area contributed by atoms with Crippen LogP contribution in [0.4, 0.5) is 5.69 Å². The summed E-state index contributed by atoms with van der Waals surface area (Å²) in [6.45, 7) is 0.221. The molecule has 1 aromatic heterocycles. The Bertz CT molecular complexity index is 1020. The average Bonchev–Trinajstić information content (AvgIpc) is 3.15. The van der Waals surface area contributed by atoms with Gasteiger partial charge < -0.3 is 5.32 Å². The van der Waals surface area contributed by atoms with Gasteiger partial charge in [-0.25, -0.2) is 0 Å². The quantitative estimate of drug-likeness (QED) is 0.375. The summed E-state index contributed by atoms with van der Waals surface area (Å²) in [5.41, 5.74) is 0.575. The maximum Gasteiger partial charge on any atom is 0.270 e. The lowest BCUT2D eigenvalue weighted by molar-refractivity contribution is -0.384. The second kappa shape index (κ2) is 8.11. The summed E-state index contributed by atoms with van der Waals surface area (Å²) in [5, 5.41) is 13.4. The molecule has 0 fully saturated rings. The van der Waals surface area contributed by atoms with Crippen LogP contribution in [-0.2, 0) is 6.54 Å². The molecule has 3 rings (SSSR count). The van der Waals surface area contributed by atoms with E-state index in [1.807, 2.05) is 6.07 Å². The molecule has 136 valence electrons. The number of rotatable bonds is 6. The summed E-state index contributed by atoms with van der Waals surface area (Å²) >= 11 is 7.25. The minimum atomic E-state index is -0.579. The molecule has 1 amide bonds. The molecule has 0 saturated carbocycles. The monoisotopic (exact) mass is 400 g/mol. The fourth-order valence-electron chi connectivity index (χ4n) is 2.39. The molecule has 6 nitrogen and oxygen atoms in total. The minimum absolute atomic E-state index is 0.00724. The molecular weight excluding hydrogens is 388 g/mol. The molecule has 0 unspecified atom stereocenters. The van der Waals surface area contributed by atoms with E-state index in [0.717, 1.165) is 10.9 Å². The van der Waals surface area contributed by atoms with Crippen molar-refractivity contribution in [2.75, 3.05) is 0 Å². The van der Waals surface area contributed by atoms with Crippen LogP contribution in [0, 0.1) is 10.1 Å². The van der Waals surface area contributed by atoms with Crippen molar-refractivity contribution in [3.05, 3.63) is 96.7 Å². The largest absolute Gasteiger partial charge is 0.347 e. The lowest BCUT2D eigenvalue weighted by atomic mass is 10.1. The zero-order valence-electron chi connectivity index (χ0n) is 13.8. The van der Waals surface area contributed by atoms with E-state index in [1.54, 1.807) is 36.4 Å². The Kier molecular flexibility index (Phi) is 5.63. The first-order valence-electron chi connectivity index (χ1n) is 7.86. The van der Waals surface area contributed by atoms with Crippen molar-refractivity contribution in [3.8, 4) is 0 Å². The highest BCUT2D eigenvalue weighted by Crippen LogP contribution is 2.23. The molecule has 0 aliphatic heterocycles. The van der Waals surface area contributed by atoms with Gasteiger partial charge in [-0.15, -0.1) is 11.3 Å². The van der Waals surface area contributed by atoms with Crippen molar-refractivity contribution in [2.24, 2.45) is 0 Å². The highest BCUT2D eigenvalue weighted by Gasteiger charge is 2.16. The number of ketones is 1. The van der Waals surface area contributed by atoms with E-state index in [0.29, 0.717) is 10.4 Å². The number of benzene rings is 2. The van der Waals surface area contributed by atoms with Crippen LogP contribution < -0.4 is 5.32 Å². The fourth-order valence-corrected chi connectivity index (χ4v) is 3.56. The van der Waals surface area contributed by atoms with Gasteiger partial charge in [0.05, 0.1) is 26.9 Å². The SMILES string of the molecule is O=C(c1ccccc1)c1ccc(CNC(=O)c2ccc([N+](=O)[O-])cc2Cl)s1. The number of nitro benzene ring substituents is 1. The molecule has 3 aromatic rings. The first kappa shape index (κ1) is 18.8. The summed E-state index contributed by atoms with van der Waals surface area (Å²) < 4.78 is 0. The summed E-state index contributed by atoms with van der Waals surface area (Å²) in [6.07, 6.45) is 0. The lowest BCUT2D eigenvalue weighted by Crippen LogP contribution is -2.22. The van der Waals surface area contributed by atoms with Crippen molar-refractivity contribution in [1.29, 1.82) is 0 Å². The molecule has 27 heavy (non-hydrogen) atoms. The number of nitrogens with zero attached hydrogens (tertiary/aromatic N) is 1. The Hall–Kier alpha value is -3.03. The number of non-ortho nitro benzene ring substituents is 1. The third kappa shape index (κ3) is 4.39. The molecule has 8 heteroatoms. The van der Waals surface area contributed by atoms with E-state index in [-0.39, 0.29) is 28.6 Å². The normalized spacial score (nSPS) is 10.4. The predicted molar refractivity (Wildman–Crippen MR) is 103 cm³/mol. The highest BCUT2D eigenvalue weighted by molar-refractivity contribution is 7.14. The molecule has 2 aromatic carbocycles. The molecule has 0 saturated heterocycles. The molecule has 0 bridgehead atoms. The summed E-state index contributed by atoms with van der Waals surface area (Å²) in [7, 11) is 0. The number of carbonyl (C=O) groups excluding carboxylic acids is 2. The van der Waals surface area contributed by atoms with E-state index >= 15 is 0 Å². The summed E-state index contributed by atoms with van der Waals surface area (Å²) in [4.78, 5) is 36.2. The van der Waals surface area contributed by atoms with Gasteiger partial charge in [0.25, 0.3) is 11.6 Å². The van der Waals surface area contributed by atoms with Crippen molar-refractivity contribution >= 4 is 40.3 Å². The van der Waals surface area contributed by atoms with Crippen molar-refractivity contribution in [3.63, 3.8) is 0 Å². The van der Waals surface area contributed by atoms with Crippen LogP contribution in [0.15, 0.2) is 60.7 Å². The Labute approximate surface area is 163 Å². The first-order chi connectivity index (χ1) is 13.0. The molecule has 0 aliphatic carbocycles. The number of thiophene rings is 1. The Morgan fingerprint density at radius 2 is 1.81 bits per heavy atom. The second-order valence-corrected chi connectivity index (χ2v) is 7.14. The van der Waals surface area contributed by atoms with E-state index < -0.39 is 10.8 Å². The number of nitrogens with one attached hydrogen (secondary N) is 1. The third-order valence-electron chi connectivity index (χ3n) is 3.75. The van der Waals surface area contributed by atoms with Crippen LogP contribution in [0.25, 0.3) is 0 Å². The fraction of sp³-hybridized carbons (Fsp3) is 0.0526. The van der Waals surface area contributed by atoms with Gasteiger partial charge in [0.2, 0.25) is 5.78 Å². The lowest BCUT2D eigenvalue weighted by Gasteiger charge is -2.05. The van der Waals surface area contributed by atoms with Crippen LogP contribution in [0.2, 0.25) is 5.02 Å². The molecule has 0 aliphatic rings. The summed E-state index contributed by atoms with van der Waals surface area (Å²) in [5.74, 6) is -0.518. The number of halogens is 1. The number of carbonyl (C=O) groups is 2. The zero-order chi connectivity index (χ0) is 19.4. The number of amides is 1. The number of hydrogen-bond acceptors (Lipinski definition) is 5. The minimum Gasteiger partial charge on any atom is -0.347 e. The van der Waals surface area contributed by atoms with Gasteiger partial charge in [-0.3, -0.25) is 19.7 Å². The molecule has 0 spiro atoms. The number of nitro groups is 1. The van der Waals surface area contributed by atoms with Crippen LogP contribution in [0.1, 0.15) is 30.5 Å². The first-order valence-corrected chi connectivity index (χ1v) is 9.06. The van der Waals surface area contributed by atoms with Crippen molar-refractivity contribution in [2.45, 2.75) is 6.54 Å². The van der Waals surface area contributed by atoms with Crippen LogP contribution >= 0.6 is 22.9 Å². The van der Waals surface area contributed by atoms with Gasteiger partial charge in [0.1, 0.15) is 0 Å². The average molecular weight is 401 g/mol. The van der Waals surface area contributed by atoms with Gasteiger partial charge in [-0.2, -0.15) is 0 Å². The van der Waals surface area contributed by atoms with Gasteiger partial charge >= 0.3 is 0 Å². The van der Waals surface area contributed by atoms with Crippen molar-refractivity contribution in [1.82, 2.24) is 5.32 Å². The van der Waals surface area contributed by atoms with Crippen LogP contribution in [0.5, 0.6) is 0 Å². The standard InChI is InChI=1S/C19H13ClN2O4S/c20-16-10-13(22(25)26)6-8-15(16)19(24)21-11-14-7-9-17(27-14)18(23)12-4-2-1-3-5-12/h1-10H,11H2,(H,21,24). The predicted octanol–water partition coefficient (Wildman–Crippen LogP) is 4.47. The maximum atomic E-state index is 12.4. The van der Waals surface area contributed by atoms with Gasteiger partial charge in [0.15, 0.2) is 0 Å². The topological polar surface area (TPSA) is 89.3 Å². The van der Waals surface area contributed by atoms with Crippen molar-refractivity contribution < 1.29 is 14.5 Å². The highest BCUT2D eigenvalue weighted by atomic mass is 35.5. The van der Waals surface area contributed by atoms with Crippen LogP contribution in [0.3, 0.4) is 0 Å². The third-order valence-corrected chi connectivity index (χ3v) is 5.15. The Balaban J connectivity index is 1.66. The van der Waals surface area contributed by atoms with Gasteiger partial charge in [0, 0.05) is 22.6 Å². The smallest absolute Gasteiger partial charge is 0.270 e. The molecule has 1 heterocycles. The molecule has 1 N–H and O–H groups in total. The molecule has 0 radical (unpaired) electrons. The van der Waals surface area contributed by atoms with E-state index in [9.17, 15) is 19.7 Å². The maximum absolute atomic E-state index is 12.4. The van der Waals surface area contributed by atoms with Gasteiger partial charge in [-0.05, 0) is 18.2 Å². The van der Waals surface area contributed by atoms with E-state index in [4.69, 9.17) is 11.6 Å².